The number of nitrogens with zero attached hydrogens (tertiary/aromatic N) is 1. The highest BCUT2D eigenvalue weighted by Crippen LogP contribution is 2.41. The lowest BCUT2D eigenvalue weighted by Gasteiger charge is -2.12. The number of Topliss-reactive ketones (excluding diaryl/α,β-unsaturated/α-hetero) is 1. The molecular weight excluding hydrogens is 420 g/mol. The predicted molar refractivity (Wildman–Crippen MR) is 130 cm³/mol. The monoisotopic (exact) mass is 452 g/mol. The van der Waals surface area contributed by atoms with Gasteiger partial charge in [-0.2, -0.15) is 0 Å². The number of allylic oxidation sites excluding steroid dienone is 6. The number of hydrogen-bond acceptors (Lipinski definition) is 4. The third-order valence-corrected chi connectivity index (χ3v) is 5.37. The fraction of sp³-hybridized carbons (Fsp3) is 0.346. The summed E-state index contributed by atoms with van der Waals surface area (Å²) in [7, 11) is 0. The van der Waals surface area contributed by atoms with E-state index in [1.54, 1.807) is 13.0 Å². The number of primary amides is 1. The first-order valence-electron chi connectivity index (χ1n) is 11.2. The van der Waals surface area contributed by atoms with E-state index in [-0.39, 0.29) is 5.56 Å². The second kappa shape index (κ2) is 11.9. The van der Waals surface area contributed by atoms with Crippen LogP contribution in [0.25, 0.3) is 10.9 Å². The van der Waals surface area contributed by atoms with Gasteiger partial charge in [-0.15, -0.1) is 0 Å². The van der Waals surface area contributed by atoms with Gasteiger partial charge in [-0.05, 0) is 50.3 Å². The van der Waals surface area contributed by atoms with Gasteiger partial charge in [-0.1, -0.05) is 50.3 Å². The molecule has 2 aromatic rings. The molecule has 0 unspecified atom stereocenters. The number of aliphatic carboxylic acids is 1. The van der Waals surface area contributed by atoms with Crippen LogP contribution in [0.4, 0.5) is 0 Å². The Bertz CT molecular complexity index is 1140. The van der Waals surface area contributed by atoms with Crippen LogP contribution < -0.4 is 10.5 Å². The lowest BCUT2D eigenvalue weighted by Crippen LogP contribution is -2.24. The smallest absolute Gasteiger partial charge is 0.341 e. The van der Waals surface area contributed by atoms with Gasteiger partial charge in [-0.25, -0.2) is 4.79 Å². The van der Waals surface area contributed by atoms with E-state index in [0.717, 1.165) is 35.9 Å². The van der Waals surface area contributed by atoms with E-state index in [1.807, 2.05) is 61.8 Å². The van der Waals surface area contributed by atoms with E-state index >= 15 is 0 Å². The minimum Gasteiger partial charge on any atom is -0.481 e. The molecule has 1 heterocycles. The van der Waals surface area contributed by atoms with Crippen LogP contribution in [0.2, 0.25) is 0 Å². The third-order valence-electron chi connectivity index (χ3n) is 5.37. The first kappa shape index (κ1) is 25.6. The largest absolute Gasteiger partial charge is 0.481 e. The molecule has 1 aromatic heterocycles. The molecule has 1 amide bonds. The molecule has 7 nitrogen and oxygen atoms in total. The van der Waals surface area contributed by atoms with Gasteiger partial charge in [0.1, 0.15) is 5.75 Å². The first-order valence-corrected chi connectivity index (χ1v) is 11.2. The number of rotatable bonds is 9. The molecule has 3 rings (SSSR count). The molecule has 1 aliphatic carbocycles. The molecule has 0 aliphatic heterocycles. The number of carbonyl (C=O) groups excluding carboxylic acids is 2. The van der Waals surface area contributed by atoms with Crippen molar-refractivity contribution in [3.63, 3.8) is 0 Å². The van der Waals surface area contributed by atoms with Gasteiger partial charge in [-0.3, -0.25) is 9.59 Å². The Balaban J connectivity index is 0.00000187. The number of nitrogens with two attached hydrogens (primary N) is 1. The number of carboxylic acid groups (broad SMARTS) is 1. The van der Waals surface area contributed by atoms with Crippen LogP contribution in [-0.4, -0.2) is 33.9 Å². The first-order chi connectivity index (χ1) is 15.9. The van der Waals surface area contributed by atoms with Crippen molar-refractivity contribution >= 4 is 28.6 Å². The highest BCUT2D eigenvalue weighted by Gasteiger charge is 2.30. The lowest BCUT2D eigenvalue weighted by molar-refractivity contribution is -0.139. The zero-order valence-electron chi connectivity index (χ0n) is 19.7. The molecule has 176 valence electrons. The van der Waals surface area contributed by atoms with Gasteiger partial charge in [0.25, 0.3) is 11.7 Å². The molecule has 3 N–H and O–H groups in total. The number of amides is 1. The number of carbonyl (C=O) groups is 3. The highest BCUT2D eigenvalue weighted by atomic mass is 16.5. The summed E-state index contributed by atoms with van der Waals surface area (Å²) in [6.45, 7) is 7.63. The van der Waals surface area contributed by atoms with Gasteiger partial charge in [0.2, 0.25) is 0 Å². The van der Waals surface area contributed by atoms with Gasteiger partial charge in [0.05, 0.1) is 16.5 Å². The number of aromatic nitrogens is 1. The number of hydrogen-bond donors (Lipinski definition) is 2. The van der Waals surface area contributed by atoms with Gasteiger partial charge in [0.15, 0.2) is 6.61 Å². The summed E-state index contributed by atoms with van der Waals surface area (Å²) in [6.07, 6.45) is 14.2. The standard InChI is InChI=1S/C24H26N2O5.C2H6/c1-3-4-5-6-7-8-12-26-15(2)20(23(29)24(25)30)21-18(31-14-19(27)28)13-16-10-9-11-17(16)22(21)26;1-2/h3-8,13H,9-12,14H2,1-2H3,(H2,25,30)(H,27,28);1-2H3/b4-3-,6-5-,8-7+;. The average Bonchev–Trinajstić information content (AvgIpc) is 3.37. The van der Waals surface area contributed by atoms with Crippen molar-refractivity contribution in [1.29, 1.82) is 0 Å². The van der Waals surface area contributed by atoms with E-state index in [0.29, 0.717) is 23.4 Å². The van der Waals surface area contributed by atoms with Gasteiger partial charge >= 0.3 is 5.97 Å². The van der Waals surface area contributed by atoms with Crippen LogP contribution in [-0.2, 0) is 29.0 Å². The van der Waals surface area contributed by atoms with Gasteiger partial charge in [0, 0.05) is 12.2 Å². The van der Waals surface area contributed by atoms with Crippen LogP contribution in [0.15, 0.2) is 42.5 Å². The molecule has 0 saturated heterocycles. The minimum absolute atomic E-state index is 0.176. The van der Waals surface area contributed by atoms with Crippen molar-refractivity contribution in [2.75, 3.05) is 6.61 Å². The van der Waals surface area contributed by atoms with E-state index in [2.05, 4.69) is 0 Å². The summed E-state index contributed by atoms with van der Waals surface area (Å²) in [6, 6.07) is 1.80. The van der Waals surface area contributed by atoms with Crippen molar-refractivity contribution in [1.82, 2.24) is 4.57 Å². The zero-order valence-corrected chi connectivity index (χ0v) is 19.7. The maximum Gasteiger partial charge on any atom is 0.341 e. The Morgan fingerprint density at radius 1 is 1.15 bits per heavy atom. The van der Waals surface area contributed by atoms with Gasteiger partial charge < -0.3 is 20.1 Å². The van der Waals surface area contributed by atoms with E-state index in [9.17, 15) is 14.4 Å². The second-order valence-corrected chi connectivity index (χ2v) is 7.38. The molecule has 1 aliphatic rings. The normalized spacial score (nSPS) is 13.0. The molecule has 7 heteroatoms. The van der Waals surface area contributed by atoms with Crippen LogP contribution in [0.1, 0.15) is 54.4 Å². The Hall–Kier alpha value is -3.61. The summed E-state index contributed by atoms with van der Waals surface area (Å²) >= 11 is 0. The fourth-order valence-corrected chi connectivity index (χ4v) is 4.08. The highest BCUT2D eigenvalue weighted by molar-refractivity contribution is 6.45. The van der Waals surface area contributed by atoms with E-state index < -0.39 is 24.3 Å². The maximum absolute atomic E-state index is 12.7. The van der Waals surface area contributed by atoms with Crippen LogP contribution in [0.3, 0.4) is 0 Å². The molecule has 0 fully saturated rings. The summed E-state index contributed by atoms with van der Waals surface area (Å²) in [5.74, 6) is -2.70. The maximum atomic E-state index is 12.7. The molecule has 33 heavy (non-hydrogen) atoms. The van der Waals surface area contributed by atoms with E-state index in [4.69, 9.17) is 15.6 Å². The number of carboxylic acids is 1. The zero-order chi connectivity index (χ0) is 24.5. The fourth-order valence-electron chi connectivity index (χ4n) is 4.08. The molecule has 0 bridgehead atoms. The van der Waals surface area contributed by atoms with E-state index in [1.165, 1.54) is 0 Å². The molecular formula is C26H32N2O5. The molecule has 0 saturated carbocycles. The molecule has 0 radical (unpaired) electrons. The van der Waals surface area contributed by atoms with Crippen molar-refractivity contribution in [2.45, 2.75) is 53.5 Å². The minimum atomic E-state index is -1.12. The van der Waals surface area contributed by atoms with Crippen molar-refractivity contribution in [3.8, 4) is 5.75 Å². The quantitative estimate of drug-likeness (QED) is 0.335. The number of benzene rings is 1. The molecule has 0 atom stereocenters. The summed E-state index contributed by atoms with van der Waals surface area (Å²) in [5, 5.41) is 9.54. The second-order valence-electron chi connectivity index (χ2n) is 7.38. The van der Waals surface area contributed by atoms with Crippen molar-refractivity contribution in [2.24, 2.45) is 5.73 Å². The number of fused-ring (bicyclic) bond motifs is 3. The molecule has 0 spiro atoms. The Morgan fingerprint density at radius 2 is 1.85 bits per heavy atom. The Labute approximate surface area is 194 Å². The predicted octanol–water partition coefficient (Wildman–Crippen LogP) is 4.28. The van der Waals surface area contributed by atoms with Crippen molar-refractivity contribution in [3.05, 3.63) is 64.9 Å². The number of ether oxygens (including phenoxy) is 1. The Kier molecular flexibility index (Phi) is 9.21. The van der Waals surface area contributed by atoms with Crippen LogP contribution >= 0.6 is 0 Å². The Morgan fingerprint density at radius 3 is 2.48 bits per heavy atom. The van der Waals surface area contributed by atoms with Crippen molar-refractivity contribution < 1.29 is 24.2 Å². The third kappa shape index (κ3) is 5.61. The molecule has 1 aromatic carbocycles. The topological polar surface area (TPSA) is 112 Å². The van der Waals surface area contributed by atoms with Crippen LogP contribution in [0.5, 0.6) is 5.75 Å². The SMILES string of the molecule is CC.C\C=C/C=C\C=C\Cn1c(C)c(C(=O)C(N)=O)c2c(OCC(=O)O)cc3c(c21)CCC3. The van der Waals surface area contributed by atoms with Crippen LogP contribution in [0, 0.1) is 6.92 Å². The number of ketones is 1. The lowest BCUT2D eigenvalue weighted by atomic mass is 10.0. The summed E-state index contributed by atoms with van der Waals surface area (Å²) in [4.78, 5) is 35.6. The summed E-state index contributed by atoms with van der Waals surface area (Å²) in [5.41, 5.74) is 9.08. The number of aryl methyl sites for hydroxylation is 2. The summed E-state index contributed by atoms with van der Waals surface area (Å²) < 4.78 is 7.54. The average molecular weight is 453 g/mol.